The molecule has 2 aliphatic rings. The summed E-state index contributed by atoms with van der Waals surface area (Å²) >= 11 is 0. The van der Waals surface area contributed by atoms with Crippen LogP contribution >= 0.6 is 0 Å². The molecule has 1 atom stereocenters. The largest absolute Gasteiger partial charge is 0.416 e. The Labute approximate surface area is 184 Å². The van der Waals surface area contributed by atoms with Gasteiger partial charge in [0.15, 0.2) is 0 Å². The third kappa shape index (κ3) is 5.12. The van der Waals surface area contributed by atoms with Gasteiger partial charge in [0, 0.05) is 24.5 Å². The number of benzene rings is 1. The minimum atomic E-state index is -4.47. The highest BCUT2D eigenvalue weighted by Crippen LogP contribution is 2.33. The van der Waals surface area contributed by atoms with E-state index in [1.807, 2.05) is 6.92 Å². The van der Waals surface area contributed by atoms with E-state index < -0.39 is 11.7 Å². The average Bonchev–Trinajstić information content (AvgIpc) is 2.73. The van der Waals surface area contributed by atoms with Crippen LogP contribution in [0.5, 0.6) is 0 Å². The van der Waals surface area contributed by atoms with E-state index in [4.69, 9.17) is 0 Å². The highest BCUT2D eigenvalue weighted by atomic mass is 19.4. The van der Waals surface area contributed by atoms with E-state index in [0.717, 1.165) is 50.9 Å². The molecule has 4 rings (SSSR count). The molecule has 10 heteroatoms. The van der Waals surface area contributed by atoms with Crippen LogP contribution in [0.3, 0.4) is 0 Å². The number of nitrogens with one attached hydrogen (secondary N) is 2. The molecular formula is C22H28F3N5O2. The number of likely N-dealkylation sites (tertiary alicyclic amines) is 1. The number of aliphatic hydroxyl groups is 1. The van der Waals surface area contributed by atoms with Gasteiger partial charge in [0.05, 0.1) is 29.8 Å². The number of hydrogen-bond acceptors (Lipinski definition) is 6. The molecule has 2 heterocycles. The molecular weight excluding hydrogens is 423 g/mol. The Hall–Kier alpha value is -2.46. The first-order valence-electron chi connectivity index (χ1n) is 11.0. The van der Waals surface area contributed by atoms with E-state index in [9.17, 15) is 23.1 Å². The Morgan fingerprint density at radius 3 is 2.59 bits per heavy atom. The van der Waals surface area contributed by atoms with Gasteiger partial charge in [-0.15, -0.1) is 0 Å². The zero-order valence-electron chi connectivity index (χ0n) is 17.9. The highest BCUT2D eigenvalue weighted by Gasteiger charge is 2.36. The van der Waals surface area contributed by atoms with Gasteiger partial charge in [0.2, 0.25) is 5.91 Å². The first kappa shape index (κ1) is 22.7. The number of aliphatic hydroxyl groups excluding tert-OH is 1. The fourth-order valence-electron chi connectivity index (χ4n) is 4.67. The van der Waals surface area contributed by atoms with Crippen molar-refractivity contribution in [1.82, 2.24) is 20.2 Å². The van der Waals surface area contributed by atoms with E-state index in [2.05, 4.69) is 25.5 Å². The number of hydrogen-bond donors (Lipinski definition) is 3. The predicted molar refractivity (Wildman–Crippen MR) is 114 cm³/mol. The first-order chi connectivity index (χ1) is 15.2. The minimum Gasteiger partial charge on any atom is -0.393 e. The van der Waals surface area contributed by atoms with Gasteiger partial charge in [-0.25, -0.2) is 9.97 Å². The third-order valence-corrected chi connectivity index (χ3v) is 6.59. The lowest BCUT2D eigenvalue weighted by molar-refractivity contribution is -0.137. The van der Waals surface area contributed by atoms with E-state index in [1.54, 1.807) is 0 Å². The van der Waals surface area contributed by atoms with Crippen molar-refractivity contribution in [3.8, 4) is 0 Å². The van der Waals surface area contributed by atoms with Crippen molar-refractivity contribution in [2.75, 3.05) is 25.0 Å². The van der Waals surface area contributed by atoms with Crippen molar-refractivity contribution in [1.29, 1.82) is 0 Å². The Morgan fingerprint density at radius 2 is 1.94 bits per heavy atom. The second kappa shape index (κ2) is 9.19. The van der Waals surface area contributed by atoms with Gasteiger partial charge in [-0.05, 0) is 56.7 Å². The van der Waals surface area contributed by atoms with Crippen molar-refractivity contribution in [3.63, 3.8) is 0 Å². The molecule has 1 amide bonds. The number of alkyl halides is 3. The number of halogens is 3. The van der Waals surface area contributed by atoms with Crippen LogP contribution in [0.2, 0.25) is 0 Å². The van der Waals surface area contributed by atoms with Crippen LogP contribution in [0, 0.1) is 5.92 Å². The molecule has 1 aliphatic heterocycles. The van der Waals surface area contributed by atoms with Crippen molar-refractivity contribution >= 4 is 22.6 Å². The molecule has 2 aromatic rings. The van der Waals surface area contributed by atoms with Crippen LogP contribution < -0.4 is 10.6 Å². The molecule has 174 valence electrons. The number of nitrogens with zero attached hydrogens (tertiary/aromatic N) is 3. The van der Waals surface area contributed by atoms with Gasteiger partial charge < -0.3 is 15.7 Å². The standard InChI is InChI=1S/C22H28F3N5O2/c1-13(31)14-2-5-17(6-3-14)30-10-16(11-30)29-20(32)9-26-21-18-8-15(22(23,24)25)4-7-19(18)27-12-28-21/h4,7-8,12-14,16-17,31H,2-3,5-6,9-11H2,1H3,(H,29,32)(H,26,27,28)/t13?,14-,17+. The Kier molecular flexibility index (Phi) is 6.52. The number of aromatic nitrogens is 2. The summed E-state index contributed by atoms with van der Waals surface area (Å²) in [5.74, 6) is 0.353. The monoisotopic (exact) mass is 451 g/mol. The van der Waals surface area contributed by atoms with Gasteiger partial charge >= 0.3 is 6.18 Å². The van der Waals surface area contributed by atoms with Crippen molar-refractivity contribution in [2.45, 2.75) is 57.0 Å². The van der Waals surface area contributed by atoms with Crippen LogP contribution in [-0.2, 0) is 11.0 Å². The van der Waals surface area contributed by atoms with Crippen LogP contribution in [0.4, 0.5) is 19.0 Å². The van der Waals surface area contributed by atoms with Gasteiger partial charge in [-0.3, -0.25) is 9.69 Å². The van der Waals surface area contributed by atoms with E-state index in [-0.39, 0.29) is 35.8 Å². The topological polar surface area (TPSA) is 90.4 Å². The van der Waals surface area contributed by atoms with Crippen LogP contribution in [0.25, 0.3) is 10.9 Å². The van der Waals surface area contributed by atoms with E-state index >= 15 is 0 Å². The summed E-state index contributed by atoms with van der Waals surface area (Å²) in [4.78, 5) is 22.7. The first-order valence-corrected chi connectivity index (χ1v) is 11.0. The molecule has 7 nitrogen and oxygen atoms in total. The van der Waals surface area contributed by atoms with E-state index in [0.29, 0.717) is 17.5 Å². The van der Waals surface area contributed by atoms with Gasteiger partial charge in [0.25, 0.3) is 0 Å². The lowest BCUT2D eigenvalue weighted by Gasteiger charge is -2.47. The Morgan fingerprint density at radius 1 is 1.22 bits per heavy atom. The molecule has 1 saturated heterocycles. The summed E-state index contributed by atoms with van der Waals surface area (Å²) in [5, 5.41) is 15.8. The number of amides is 1. The van der Waals surface area contributed by atoms with Crippen molar-refractivity contribution < 1.29 is 23.1 Å². The number of carbonyl (C=O) groups is 1. The average molecular weight is 451 g/mol. The number of anilines is 1. The lowest BCUT2D eigenvalue weighted by Crippen LogP contribution is -2.63. The molecule has 0 bridgehead atoms. The summed E-state index contributed by atoms with van der Waals surface area (Å²) in [6.45, 7) is 3.36. The maximum atomic E-state index is 13.0. The second-order valence-corrected chi connectivity index (χ2v) is 8.83. The molecule has 3 N–H and O–H groups in total. The number of fused-ring (bicyclic) bond motifs is 1. The van der Waals surface area contributed by atoms with Crippen molar-refractivity contribution in [2.24, 2.45) is 5.92 Å². The van der Waals surface area contributed by atoms with Crippen LogP contribution in [0.1, 0.15) is 38.2 Å². The Balaban J connectivity index is 1.26. The molecule has 1 aromatic heterocycles. The van der Waals surface area contributed by atoms with Crippen molar-refractivity contribution in [3.05, 3.63) is 30.1 Å². The van der Waals surface area contributed by atoms with Gasteiger partial charge in [-0.1, -0.05) is 0 Å². The lowest BCUT2D eigenvalue weighted by atomic mass is 9.81. The minimum absolute atomic E-state index is 0.0674. The molecule has 1 unspecified atom stereocenters. The highest BCUT2D eigenvalue weighted by molar-refractivity contribution is 5.91. The molecule has 1 aliphatic carbocycles. The maximum Gasteiger partial charge on any atom is 0.416 e. The summed E-state index contributed by atoms with van der Waals surface area (Å²) < 4.78 is 39.1. The summed E-state index contributed by atoms with van der Waals surface area (Å²) in [6.07, 6.45) is 0.734. The SMILES string of the molecule is CC(O)[C@H]1CC[C@@H](N2CC(NC(=O)CNc3ncnc4ccc(C(F)(F)F)cc34)C2)CC1. The normalized spacial score (nSPS) is 23.5. The second-order valence-electron chi connectivity index (χ2n) is 8.83. The fourth-order valence-corrected chi connectivity index (χ4v) is 4.67. The molecule has 2 fully saturated rings. The smallest absolute Gasteiger partial charge is 0.393 e. The number of rotatable bonds is 6. The fraction of sp³-hybridized carbons (Fsp3) is 0.591. The molecule has 1 aromatic carbocycles. The molecule has 0 spiro atoms. The maximum absolute atomic E-state index is 13.0. The zero-order valence-corrected chi connectivity index (χ0v) is 17.9. The zero-order chi connectivity index (χ0) is 22.9. The summed E-state index contributed by atoms with van der Waals surface area (Å²) in [6, 6.07) is 3.84. The van der Waals surface area contributed by atoms with Gasteiger partial charge in [0.1, 0.15) is 12.1 Å². The van der Waals surface area contributed by atoms with Crippen LogP contribution in [0.15, 0.2) is 24.5 Å². The summed E-state index contributed by atoms with van der Waals surface area (Å²) in [5.41, 5.74) is -0.416. The van der Waals surface area contributed by atoms with E-state index in [1.165, 1.54) is 12.4 Å². The third-order valence-electron chi connectivity index (χ3n) is 6.59. The number of carbonyl (C=O) groups excluding carboxylic acids is 1. The Bertz CT molecular complexity index is 954. The van der Waals surface area contributed by atoms with Gasteiger partial charge in [-0.2, -0.15) is 13.2 Å². The quantitative estimate of drug-likeness (QED) is 0.626. The molecule has 32 heavy (non-hydrogen) atoms. The molecule has 1 saturated carbocycles. The summed E-state index contributed by atoms with van der Waals surface area (Å²) in [7, 11) is 0. The predicted octanol–water partition coefficient (Wildman–Crippen LogP) is 2.80. The molecule has 0 radical (unpaired) electrons. The van der Waals surface area contributed by atoms with Crippen LogP contribution in [-0.4, -0.2) is 63.7 Å².